The van der Waals surface area contributed by atoms with Crippen molar-refractivity contribution in [2.45, 2.75) is 31.7 Å². The van der Waals surface area contributed by atoms with Gasteiger partial charge in [-0.05, 0) is 47.5 Å². The first-order valence-electron chi connectivity index (χ1n) is 15.6. The van der Waals surface area contributed by atoms with Gasteiger partial charge in [0.25, 0.3) is 0 Å². The fourth-order valence-electron chi connectivity index (χ4n) is 5.60. The van der Waals surface area contributed by atoms with Crippen LogP contribution in [0.2, 0.25) is 0 Å². The van der Waals surface area contributed by atoms with Gasteiger partial charge >= 0.3 is 6.03 Å². The number of rotatable bonds is 12. The number of nitrogens with zero attached hydrogens (tertiary/aromatic N) is 4. The van der Waals surface area contributed by atoms with Crippen molar-refractivity contribution in [3.05, 3.63) is 132 Å². The molecule has 0 aliphatic carbocycles. The maximum absolute atomic E-state index is 14.3. The zero-order chi connectivity index (χ0) is 33.9. The highest BCUT2D eigenvalue weighted by atomic mass is 16.3. The summed E-state index contributed by atoms with van der Waals surface area (Å²) in [7, 11) is 0. The number of amides is 4. The van der Waals surface area contributed by atoms with E-state index in [4.69, 9.17) is 4.98 Å². The number of hydrogen-bond donors (Lipinski definition) is 4. The van der Waals surface area contributed by atoms with Crippen LogP contribution in [0.4, 0.5) is 4.79 Å². The fourth-order valence-corrected chi connectivity index (χ4v) is 5.60. The van der Waals surface area contributed by atoms with Crippen LogP contribution in [0.15, 0.2) is 110 Å². The van der Waals surface area contributed by atoms with Crippen LogP contribution in [0.25, 0.3) is 11.3 Å². The van der Waals surface area contributed by atoms with Crippen molar-refractivity contribution < 1.29 is 19.5 Å². The van der Waals surface area contributed by atoms with Gasteiger partial charge in [0, 0.05) is 25.1 Å². The third-order valence-electron chi connectivity index (χ3n) is 7.92. The molecule has 5 rings (SSSR count). The summed E-state index contributed by atoms with van der Waals surface area (Å²) >= 11 is 0. The van der Waals surface area contributed by atoms with Crippen molar-refractivity contribution in [2.24, 2.45) is 0 Å². The molecule has 1 saturated heterocycles. The molecule has 4 N–H and O–H groups in total. The first kappa shape index (κ1) is 33.4. The van der Waals surface area contributed by atoms with Crippen molar-refractivity contribution in [1.29, 1.82) is 5.26 Å². The number of piperazine rings is 1. The van der Waals surface area contributed by atoms with E-state index >= 15 is 0 Å². The molecule has 2 atom stereocenters. The van der Waals surface area contributed by atoms with Crippen LogP contribution < -0.4 is 16.0 Å². The van der Waals surface area contributed by atoms with Gasteiger partial charge in [-0.25, -0.2) is 4.79 Å². The number of aromatic nitrogens is 1. The van der Waals surface area contributed by atoms with Gasteiger partial charge in [0.2, 0.25) is 11.8 Å². The quantitative estimate of drug-likeness (QED) is 0.136. The Kier molecular flexibility index (Phi) is 11.1. The highest BCUT2D eigenvalue weighted by molar-refractivity contribution is 5.91. The molecule has 4 aromatic rings. The first-order valence-corrected chi connectivity index (χ1v) is 15.6. The Morgan fingerprint density at radius 3 is 2.52 bits per heavy atom. The number of urea groups is 1. The van der Waals surface area contributed by atoms with Crippen molar-refractivity contribution in [1.82, 2.24) is 30.7 Å². The van der Waals surface area contributed by atoms with Crippen LogP contribution in [-0.4, -0.2) is 69.6 Å². The summed E-state index contributed by atoms with van der Waals surface area (Å²) in [5.41, 5.74) is 4.17. The van der Waals surface area contributed by atoms with Gasteiger partial charge in [-0.2, -0.15) is 5.26 Å². The van der Waals surface area contributed by atoms with E-state index in [1.807, 2.05) is 54.6 Å². The fraction of sp³-hybridized carbons (Fsp3) is 0.216. The molecular formula is C37H37N7O4. The number of hydrogen-bond acceptors (Lipinski definition) is 7. The molecule has 1 aliphatic rings. The Bertz CT molecular complexity index is 1790. The zero-order valence-electron chi connectivity index (χ0n) is 26.4. The molecule has 244 valence electrons. The predicted octanol–water partition coefficient (Wildman–Crippen LogP) is 3.71. The molecular weight excluding hydrogens is 606 g/mol. The number of nitrogens with one attached hydrogen (secondary N) is 3. The van der Waals surface area contributed by atoms with E-state index in [9.17, 15) is 24.8 Å². The number of phenolic OH excluding ortho intramolecular Hbond substituents is 1. The minimum Gasteiger partial charge on any atom is -0.508 e. The molecule has 1 fully saturated rings. The number of nitriles is 1. The maximum Gasteiger partial charge on any atom is 0.316 e. The molecule has 0 saturated carbocycles. The lowest BCUT2D eigenvalue weighted by atomic mass is 9.99. The van der Waals surface area contributed by atoms with Crippen molar-refractivity contribution >= 4 is 17.8 Å². The molecule has 0 bridgehead atoms. The molecule has 48 heavy (non-hydrogen) atoms. The van der Waals surface area contributed by atoms with E-state index in [0.717, 1.165) is 16.7 Å². The topological polar surface area (TPSA) is 151 Å². The second-order valence-electron chi connectivity index (χ2n) is 11.4. The summed E-state index contributed by atoms with van der Waals surface area (Å²) in [6.07, 6.45) is 0.921. The molecule has 4 amide bonds. The lowest BCUT2D eigenvalue weighted by molar-refractivity contribution is -0.157. The molecule has 11 nitrogen and oxygen atoms in total. The predicted molar refractivity (Wildman–Crippen MR) is 181 cm³/mol. The molecule has 0 spiro atoms. The molecule has 3 aromatic carbocycles. The summed E-state index contributed by atoms with van der Waals surface area (Å²) in [5, 5.41) is 28.0. The summed E-state index contributed by atoms with van der Waals surface area (Å²) in [6.45, 7) is 4.42. The minimum atomic E-state index is -0.962. The van der Waals surface area contributed by atoms with Crippen LogP contribution in [0.1, 0.15) is 22.4 Å². The first-order chi connectivity index (χ1) is 23.3. The number of phenols is 1. The monoisotopic (exact) mass is 643 g/mol. The van der Waals surface area contributed by atoms with E-state index < -0.39 is 18.2 Å². The molecule has 0 radical (unpaired) electrons. The number of carbonyl (C=O) groups excluding carboxylic acids is 3. The minimum absolute atomic E-state index is 0.0205. The summed E-state index contributed by atoms with van der Waals surface area (Å²) in [5.74, 6) is -0.584. The third kappa shape index (κ3) is 8.63. The summed E-state index contributed by atoms with van der Waals surface area (Å²) < 4.78 is 0. The van der Waals surface area contributed by atoms with Crippen molar-refractivity contribution in [2.75, 3.05) is 19.6 Å². The van der Waals surface area contributed by atoms with Gasteiger partial charge in [0.05, 0.1) is 42.7 Å². The number of benzene rings is 3. The number of pyridine rings is 1. The van der Waals surface area contributed by atoms with Crippen LogP contribution in [0.5, 0.6) is 5.75 Å². The highest BCUT2D eigenvalue weighted by Gasteiger charge is 2.43. The van der Waals surface area contributed by atoms with Gasteiger partial charge < -0.3 is 30.9 Å². The average molecular weight is 644 g/mol. The van der Waals surface area contributed by atoms with Gasteiger partial charge in [0.15, 0.2) is 0 Å². The van der Waals surface area contributed by atoms with E-state index in [1.54, 1.807) is 41.3 Å². The molecule has 0 unspecified atom stereocenters. The smallest absolute Gasteiger partial charge is 0.316 e. The SMILES string of the molecule is C=CCNCC(=O)N1[C@@H](NC(=O)NCc2ccccc2)CN(Cc2cccc(-c3cccc(C#N)c3)n2)C(=O)[C@@H]1Cc1ccc(O)cc1. The third-order valence-corrected chi connectivity index (χ3v) is 7.92. The van der Waals surface area contributed by atoms with Crippen LogP contribution in [0, 0.1) is 11.3 Å². The Morgan fingerprint density at radius 1 is 1.00 bits per heavy atom. The van der Waals surface area contributed by atoms with Crippen LogP contribution in [0.3, 0.4) is 0 Å². The van der Waals surface area contributed by atoms with E-state index in [0.29, 0.717) is 23.5 Å². The number of carbonyl (C=O) groups is 3. The second kappa shape index (κ2) is 16.0. The lowest BCUT2D eigenvalue weighted by Gasteiger charge is -2.46. The summed E-state index contributed by atoms with van der Waals surface area (Å²) in [4.78, 5) is 49.2. The average Bonchev–Trinajstić information content (AvgIpc) is 3.11. The summed E-state index contributed by atoms with van der Waals surface area (Å²) in [6, 6.07) is 29.2. The van der Waals surface area contributed by atoms with Gasteiger partial charge in [-0.3, -0.25) is 14.6 Å². The van der Waals surface area contributed by atoms with Gasteiger partial charge in [0.1, 0.15) is 18.0 Å². The molecule has 1 aromatic heterocycles. The second-order valence-corrected chi connectivity index (χ2v) is 11.4. The highest BCUT2D eigenvalue weighted by Crippen LogP contribution is 2.24. The maximum atomic E-state index is 14.3. The van der Waals surface area contributed by atoms with E-state index in [1.165, 1.54) is 17.0 Å². The Labute approximate surface area is 279 Å². The molecule has 11 heteroatoms. The van der Waals surface area contributed by atoms with Gasteiger partial charge in [-0.1, -0.05) is 66.7 Å². The van der Waals surface area contributed by atoms with Crippen molar-refractivity contribution in [3.63, 3.8) is 0 Å². The Balaban J connectivity index is 1.45. The molecule has 2 heterocycles. The van der Waals surface area contributed by atoms with Gasteiger partial charge in [-0.15, -0.1) is 6.58 Å². The largest absolute Gasteiger partial charge is 0.508 e. The Morgan fingerprint density at radius 2 is 1.77 bits per heavy atom. The van der Waals surface area contributed by atoms with E-state index in [-0.39, 0.29) is 50.2 Å². The Hall–Kier alpha value is -5.99. The van der Waals surface area contributed by atoms with Crippen LogP contribution in [-0.2, 0) is 29.1 Å². The van der Waals surface area contributed by atoms with Crippen molar-refractivity contribution in [3.8, 4) is 23.1 Å². The molecule has 1 aliphatic heterocycles. The standard InChI is InChI=1S/C37H37N7O4/c1-2-18-39-23-35(46)44-33(20-26-14-16-31(45)17-15-26)36(47)43(25-34(44)42-37(48)40-22-27-8-4-3-5-9-27)24-30-12-7-13-32(41-30)29-11-6-10-28(19-29)21-38/h2-17,19,33-34,39,45H,1,18,20,22-25H2,(H2,40,42,48)/t33-,34+/m0/s1. The van der Waals surface area contributed by atoms with E-state index in [2.05, 4.69) is 28.6 Å². The van der Waals surface area contributed by atoms with Crippen LogP contribution >= 0.6 is 0 Å². The normalized spacial score (nSPS) is 15.8. The zero-order valence-corrected chi connectivity index (χ0v) is 26.4. The number of aromatic hydroxyl groups is 1. The lowest BCUT2D eigenvalue weighted by Crippen LogP contribution is -2.69.